The van der Waals surface area contributed by atoms with E-state index < -0.39 is 5.82 Å². The molecule has 3 aliphatic rings. The molecule has 3 saturated heterocycles. The van der Waals surface area contributed by atoms with E-state index in [4.69, 9.17) is 14.6 Å². The number of carboxylic acid groups (broad SMARTS) is 1. The Hall–Kier alpha value is -2.06. The zero-order chi connectivity index (χ0) is 20.6. The van der Waals surface area contributed by atoms with E-state index in [1.807, 2.05) is 0 Å². The third kappa shape index (κ3) is 5.51. The maximum Gasteiger partial charge on any atom is 0.290 e. The molecule has 0 aromatic carbocycles. The summed E-state index contributed by atoms with van der Waals surface area (Å²) in [6.45, 7) is 5.40. The molecule has 1 unspecified atom stereocenters. The molecule has 3 fully saturated rings. The smallest absolute Gasteiger partial charge is 0.290 e. The van der Waals surface area contributed by atoms with Crippen LogP contribution in [-0.2, 0) is 9.53 Å². The Morgan fingerprint density at radius 1 is 1.14 bits per heavy atom. The largest absolute Gasteiger partial charge is 0.483 e. The Morgan fingerprint density at radius 2 is 1.76 bits per heavy atom. The van der Waals surface area contributed by atoms with Crippen molar-refractivity contribution >= 4 is 12.4 Å². The molecule has 1 aromatic rings. The number of halogens is 1. The van der Waals surface area contributed by atoms with E-state index in [9.17, 15) is 9.18 Å². The molecule has 3 aliphatic heterocycles. The highest BCUT2D eigenvalue weighted by molar-refractivity contribution is 5.94. The molecular weight excluding hydrogens is 377 g/mol. The first-order valence-corrected chi connectivity index (χ1v) is 10.4. The average molecular weight is 407 g/mol. The van der Waals surface area contributed by atoms with Gasteiger partial charge in [0.1, 0.15) is 0 Å². The Kier molecular flexibility index (Phi) is 7.94. The molecule has 160 valence electrons. The Bertz CT molecular complexity index is 668. The highest BCUT2D eigenvalue weighted by atomic mass is 19.1. The molecule has 0 saturated carbocycles. The number of aromatic nitrogens is 1. The van der Waals surface area contributed by atoms with Crippen LogP contribution in [0.25, 0.3) is 0 Å². The molecule has 1 amide bonds. The van der Waals surface area contributed by atoms with Crippen molar-refractivity contribution in [1.82, 2.24) is 14.8 Å². The predicted molar refractivity (Wildman–Crippen MR) is 105 cm³/mol. The molecule has 4 rings (SSSR count). The Balaban J connectivity index is 0.000000755. The SMILES string of the molecule is O=C(c1ccncc1F)N1CCC(C2CCN(C3CCOC3)CC2)CC1.O=CO. The molecule has 0 radical (unpaired) electrons. The number of hydrogen-bond acceptors (Lipinski definition) is 5. The van der Waals surface area contributed by atoms with Gasteiger partial charge in [0.15, 0.2) is 5.82 Å². The molecule has 7 nitrogen and oxygen atoms in total. The van der Waals surface area contributed by atoms with Crippen molar-refractivity contribution in [3.05, 3.63) is 29.8 Å². The van der Waals surface area contributed by atoms with Gasteiger partial charge in [-0.25, -0.2) is 4.39 Å². The fourth-order valence-electron chi connectivity index (χ4n) is 4.86. The number of carbonyl (C=O) groups is 2. The monoisotopic (exact) mass is 407 g/mol. The molecular formula is C21H30FN3O4. The topological polar surface area (TPSA) is 83.0 Å². The van der Waals surface area contributed by atoms with Crippen LogP contribution >= 0.6 is 0 Å². The number of ether oxygens (including phenoxy) is 1. The van der Waals surface area contributed by atoms with Crippen LogP contribution in [0.5, 0.6) is 0 Å². The Morgan fingerprint density at radius 3 is 2.31 bits per heavy atom. The number of piperidine rings is 2. The minimum atomic E-state index is -0.525. The molecule has 8 heteroatoms. The molecule has 4 heterocycles. The summed E-state index contributed by atoms with van der Waals surface area (Å²) in [6, 6.07) is 2.11. The summed E-state index contributed by atoms with van der Waals surface area (Å²) in [5, 5.41) is 6.89. The number of rotatable bonds is 3. The van der Waals surface area contributed by atoms with Gasteiger partial charge in [0.2, 0.25) is 0 Å². The fraction of sp³-hybridized carbons (Fsp3) is 0.667. The molecule has 0 aliphatic carbocycles. The van der Waals surface area contributed by atoms with E-state index in [0.29, 0.717) is 12.0 Å². The van der Waals surface area contributed by atoms with Gasteiger partial charge in [0.25, 0.3) is 12.4 Å². The van der Waals surface area contributed by atoms with E-state index in [0.717, 1.165) is 51.3 Å². The maximum absolute atomic E-state index is 13.8. The lowest BCUT2D eigenvalue weighted by atomic mass is 9.78. The minimum Gasteiger partial charge on any atom is -0.483 e. The van der Waals surface area contributed by atoms with Crippen LogP contribution in [0.1, 0.15) is 42.5 Å². The van der Waals surface area contributed by atoms with Crippen molar-refractivity contribution in [3.8, 4) is 0 Å². The molecule has 1 N–H and O–H groups in total. The lowest BCUT2D eigenvalue weighted by Gasteiger charge is -2.41. The van der Waals surface area contributed by atoms with Crippen molar-refractivity contribution in [2.45, 2.75) is 38.1 Å². The van der Waals surface area contributed by atoms with Gasteiger partial charge in [-0.15, -0.1) is 0 Å². The summed E-state index contributed by atoms with van der Waals surface area (Å²) in [5.41, 5.74) is 0.144. The van der Waals surface area contributed by atoms with Crippen LogP contribution in [0.3, 0.4) is 0 Å². The van der Waals surface area contributed by atoms with Gasteiger partial charge >= 0.3 is 0 Å². The number of pyridine rings is 1. The first-order chi connectivity index (χ1) is 14.1. The van der Waals surface area contributed by atoms with Gasteiger partial charge in [0, 0.05) is 31.9 Å². The second-order valence-corrected chi connectivity index (χ2v) is 7.98. The van der Waals surface area contributed by atoms with Crippen LogP contribution in [0.2, 0.25) is 0 Å². The van der Waals surface area contributed by atoms with Crippen molar-refractivity contribution < 1.29 is 23.8 Å². The van der Waals surface area contributed by atoms with Crippen molar-refractivity contribution in [2.75, 3.05) is 39.4 Å². The van der Waals surface area contributed by atoms with E-state index in [-0.39, 0.29) is 17.9 Å². The number of hydrogen-bond donors (Lipinski definition) is 1. The number of carbonyl (C=O) groups excluding carboxylic acids is 1. The van der Waals surface area contributed by atoms with E-state index >= 15 is 0 Å². The van der Waals surface area contributed by atoms with E-state index in [1.54, 1.807) is 4.90 Å². The normalized spacial score (nSPS) is 24.0. The van der Waals surface area contributed by atoms with Crippen LogP contribution in [-0.4, -0.2) is 77.7 Å². The third-order valence-electron chi connectivity index (χ3n) is 6.49. The lowest BCUT2D eigenvalue weighted by molar-refractivity contribution is -0.122. The zero-order valence-electron chi connectivity index (χ0n) is 16.7. The van der Waals surface area contributed by atoms with Crippen molar-refractivity contribution in [1.29, 1.82) is 0 Å². The Labute approximate surface area is 170 Å². The van der Waals surface area contributed by atoms with Crippen LogP contribution in [0.4, 0.5) is 4.39 Å². The first kappa shape index (κ1) is 21.6. The highest BCUT2D eigenvalue weighted by Crippen LogP contribution is 2.34. The van der Waals surface area contributed by atoms with Gasteiger partial charge < -0.3 is 14.7 Å². The fourth-order valence-corrected chi connectivity index (χ4v) is 4.86. The maximum atomic E-state index is 13.8. The number of amides is 1. The van der Waals surface area contributed by atoms with Crippen molar-refractivity contribution in [3.63, 3.8) is 0 Å². The van der Waals surface area contributed by atoms with Gasteiger partial charge in [-0.1, -0.05) is 0 Å². The lowest BCUT2D eigenvalue weighted by Crippen LogP contribution is -2.45. The van der Waals surface area contributed by atoms with Crippen LogP contribution < -0.4 is 0 Å². The van der Waals surface area contributed by atoms with Gasteiger partial charge in [-0.2, -0.15) is 0 Å². The standard InChI is InChI=1S/C20H28FN3O2.CH2O2/c21-19-13-22-7-1-18(19)20(25)24-10-4-16(5-11-24)15-2-8-23(9-3-15)17-6-12-26-14-17;2-1-3/h1,7,13,15-17H,2-6,8-12,14H2;1H,(H,2,3). The van der Waals surface area contributed by atoms with Crippen LogP contribution in [0, 0.1) is 17.7 Å². The van der Waals surface area contributed by atoms with Gasteiger partial charge in [0.05, 0.1) is 18.4 Å². The molecule has 0 spiro atoms. The molecule has 1 atom stereocenters. The summed E-state index contributed by atoms with van der Waals surface area (Å²) in [4.78, 5) is 29.0. The molecule has 0 bridgehead atoms. The summed E-state index contributed by atoms with van der Waals surface area (Å²) in [7, 11) is 0. The number of likely N-dealkylation sites (tertiary alicyclic amines) is 2. The third-order valence-corrected chi connectivity index (χ3v) is 6.49. The zero-order valence-corrected chi connectivity index (χ0v) is 16.7. The van der Waals surface area contributed by atoms with E-state index in [2.05, 4.69) is 9.88 Å². The second kappa shape index (κ2) is 10.6. The molecule has 1 aromatic heterocycles. The highest BCUT2D eigenvalue weighted by Gasteiger charge is 2.33. The first-order valence-electron chi connectivity index (χ1n) is 10.4. The van der Waals surface area contributed by atoms with E-state index in [1.165, 1.54) is 44.6 Å². The summed E-state index contributed by atoms with van der Waals surface area (Å²) >= 11 is 0. The van der Waals surface area contributed by atoms with Gasteiger partial charge in [-0.05, 0) is 63.1 Å². The second-order valence-electron chi connectivity index (χ2n) is 7.98. The van der Waals surface area contributed by atoms with Gasteiger partial charge in [-0.3, -0.25) is 19.5 Å². The number of nitrogens with zero attached hydrogens (tertiary/aromatic N) is 3. The average Bonchev–Trinajstić information content (AvgIpc) is 3.29. The van der Waals surface area contributed by atoms with Crippen LogP contribution in [0.15, 0.2) is 18.5 Å². The predicted octanol–water partition coefficient (Wildman–Crippen LogP) is 2.27. The summed E-state index contributed by atoms with van der Waals surface area (Å²) < 4.78 is 19.3. The molecule has 29 heavy (non-hydrogen) atoms. The summed E-state index contributed by atoms with van der Waals surface area (Å²) in [6.07, 6.45) is 8.36. The summed E-state index contributed by atoms with van der Waals surface area (Å²) in [5.74, 6) is 0.745. The minimum absolute atomic E-state index is 0.144. The quantitative estimate of drug-likeness (QED) is 0.774. The van der Waals surface area contributed by atoms with Crippen molar-refractivity contribution in [2.24, 2.45) is 11.8 Å².